The molecule has 146 valence electrons. The minimum Gasteiger partial charge on any atom is -0.494 e. The maximum Gasteiger partial charge on any atom is 0.296 e. The average Bonchev–Trinajstić information content (AvgIpc) is 3.09. The van der Waals surface area contributed by atoms with Crippen LogP contribution in [0.1, 0.15) is 18.7 Å². The van der Waals surface area contributed by atoms with Crippen LogP contribution < -0.4 is 15.6 Å². The summed E-state index contributed by atoms with van der Waals surface area (Å²) in [6.45, 7) is 3.81. The first-order chi connectivity index (χ1) is 13.4. The van der Waals surface area contributed by atoms with E-state index in [4.69, 9.17) is 4.74 Å². The number of ether oxygens (including phenoxy) is 1. The molecule has 0 saturated carbocycles. The summed E-state index contributed by atoms with van der Waals surface area (Å²) in [4.78, 5) is 41.5. The molecule has 0 fully saturated rings. The number of anilines is 1. The minimum atomic E-state index is -0.602. The van der Waals surface area contributed by atoms with Gasteiger partial charge in [-0.15, -0.1) is 11.3 Å². The summed E-state index contributed by atoms with van der Waals surface area (Å²) in [6.07, 6.45) is 2.11. The molecule has 0 aliphatic carbocycles. The van der Waals surface area contributed by atoms with Gasteiger partial charge in [0.05, 0.1) is 29.3 Å². The van der Waals surface area contributed by atoms with E-state index in [0.717, 1.165) is 11.3 Å². The quantitative estimate of drug-likeness (QED) is 0.480. The molecular weight excluding hydrogens is 384 g/mol. The molecule has 3 aromatic rings. The smallest absolute Gasteiger partial charge is 0.296 e. The molecule has 0 unspecified atom stereocenters. The molecule has 3 rings (SSSR count). The van der Waals surface area contributed by atoms with Crippen molar-refractivity contribution in [2.24, 2.45) is 0 Å². The fourth-order valence-electron chi connectivity index (χ4n) is 2.67. The van der Waals surface area contributed by atoms with Crippen molar-refractivity contribution in [1.82, 2.24) is 9.55 Å². The predicted octanol–water partition coefficient (Wildman–Crippen LogP) is 2.97. The normalized spacial score (nSPS) is 10.8. The number of amides is 1. The van der Waals surface area contributed by atoms with Crippen LogP contribution in [0.3, 0.4) is 0 Å². The molecule has 0 atom stereocenters. The van der Waals surface area contributed by atoms with Gasteiger partial charge in [-0.3, -0.25) is 24.3 Å². The standard InChI is InChI=1S/C18H18N4O5S/c1-3-12-8-13-17(28-12)19-10-21(18(13)24)9-16(23)20-14-6-5-11(27-4-2)7-15(14)22(25)26/h5-8,10H,3-4,9H2,1-2H3,(H,20,23). The van der Waals surface area contributed by atoms with Gasteiger partial charge in [0.15, 0.2) is 0 Å². The number of nitro benzene ring substituents is 1. The highest BCUT2D eigenvalue weighted by Crippen LogP contribution is 2.29. The van der Waals surface area contributed by atoms with Crippen LogP contribution in [0.2, 0.25) is 0 Å². The van der Waals surface area contributed by atoms with Gasteiger partial charge in [-0.2, -0.15) is 0 Å². The largest absolute Gasteiger partial charge is 0.494 e. The summed E-state index contributed by atoms with van der Waals surface area (Å²) in [7, 11) is 0. The third kappa shape index (κ3) is 4.01. The first-order valence-electron chi connectivity index (χ1n) is 8.61. The molecule has 10 heteroatoms. The lowest BCUT2D eigenvalue weighted by atomic mass is 10.2. The summed E-state index contributed by atoms with van der Waals surface area (Å²) in [5.74, 6) is -0.233. The second kappa shape index (κ2) is 8.17. The molecule has 0 saturated heterocycles. The molecule has 28 heavy (non-hydrogen) atoms. The molecule has 0 bridgehead atoms. The van der Waals surface area contributed by atoms with Gasteiger partial charge in [-0.1, -0.05) is 6.92 Å². The number of nitro groups is 1. The van der Waals surface area contributed by atoms with Crippen molar-refractivity contribution >= 4 is 38.8 Å². The van der Waals surface area contributed by atoms with E-state index in [1.54, 1.807) is 13.0 Å². The van der Waals surface area contributed by atoms with Crippen molar-refractivity contribution in [3.63, 3.8) is 0 Å². The van der Waals surface area contributed by atoms with E-state index in [-0.39, 0.29) is 23.5 Å². The maximum absolute atomic E-state index is 12.6. The summed E-state index contributed by atoms with van der Waals surface area (Å²) >= 11 is 1.44. The fourth-order valence-corrected chi connectivity index (χ4v) is 3.59. The third-order valence-corrected chi connectivity index (χ3v) is 5.17. The number of nitrogens with zero attached hydrogens (tertiary/aromatic N) is 3. The Morgan fingerprint density at radius 2 is 2.14 bits per heavy atom. The van der Waals surface area contributed by atoms with Crippen LogP contribution in [0.15, 0.2) is 35.4 Å². The van der Waals surface area contributed by atoms with Crippen LogP contribution in [0.5, 0.6) is 5.75 Å². The number of hydrogen-bond acceptors (Lipinski definition) is 7. The molecule has 0 radical (unpaired) electrons. The summed E-state index contributed by atoms with van der Waals surface area (Å²) in [5.41, 5.74) is -0.577. The number of carbonyl (C=O) groups excluding carboxylic acids is 1. The first kappa shape index (κ1) is 19.5. The van der Waals surface area contributed by atoms with E-state index in [1.807, 2.05) is 6.92 Å². The third-order valence-electron chi connectivity index (χ3n) is 3.98. The van der Waals surface area contributed by atoms with Crippen LogP contribution >= 0.6 is 11.3 Å². The minimum absolute atomic E-state index is 0.0318. The van der Waals surface area contributed by atoms with Crippen LogP contribution in [-0.2, 0) is 17.8 Å². The van der Waals surface area contributed by atoms with Crippen LogP contribution in [0.25, 0.3) is 10.2 Å². The number of aromatic nitrogens is 2. The summed E-state index contributed by atoms with van der Waals surface area (Å²) in [6, 6.07) is 5.96. The molecule has 9 nitrogen and oxygen atoms in total. The fraction of sp³-hybridized carbons (Fsp3) is 0.278. The highest BCUT2D eigenvalue weighted by atomic mass is 32.1. The van der Waals surface area contributed by atoms with Crippen LogP contribution in [0.4, 0.5) is 11.4 Å². The van der Waals surface area contributed by atoms with Crippen molar-refractivity contribution in [1.29, 1.82) is 0 Å². The van der Waals surface area contributed by atoms with Crippen molar-refractivity contribution in [3.05, 3.63) is 55.9 Å². The highest BCUT2D eigenvalue weighted by Gasteiger charge is 2.18. The zero-order valence-corrected chi connectivity index (χ0v) is 16.1. The van der Waals surface area contributed by atoms with Gasteiger partial charge in [0.1, 0.15) is 22.8 Å². The van der Waals surface area contributed by atoms with E-state index >= 15 is 0 Å². The Kier molecular flexibility index (Phi) is 5.69. The van der Waals surface area contributed by atoms with Gasteiger partial charge in [0.2, 0.25) is 5.91 Å². The number of thiophene rings is 1. The molecule has 0 aliphatic rings. The Balaban J connectivity index is 1.82. The Hall–Kier alpha value is -3.27. The number of rotatable bonds is 7. The highest BCUT2D eigenvalue weighted by molar-refractivity contribution is 7.18. The van der Waals surface area contributed by atoms with Gasteiger partial charge in [-0.05, 0) is 31.5 Å². The SMILES string of the molecule is CCOc1ccc(NC(=O)Cn2cnc3sc(CC)cc3c2=O)c([N+](=O)[O-])c1. The van der Waals surface area contributed by atoms with Gasteiger partial charge in [0, 0.05) is 4.88 Å². The molecular formula is C18H18N4O5S. The predicted molar refractivity (Wildman–Crippen MR) is 106 cm³/mol. The molecule has 2 aromatic heterocycles. The Labute approximate surface area is 163 Å². The van der Waals surface area contributed by atoms with Crippen molar-refractivity contribution in [3.8, 4) is 5.75 Å². The zero-order chi connectivity index (χ0) is 20.3. The van der Waals surface area contributed by atoms with Gasteiger partial charge >= 0.3 is 0 Å². The van der Waals surface area contributed by atoms with Crippen molar-refractivity contribution < 1.29 is 14.5 Å². The molecule has 2 heterocycles. The second-order valence-corrected chi connectivity index (χ2v) is 7.00. The van der Waals surface area contributed by atoms with Crippen molar-refractivity contribution in [2.75, 3.05) is 11.9 Å². The molecule has 0 aliphatic heterocycles. The zero-order valence-electron chi connectivity index (χ0n) is 15.3. The number of nitrogens with one attached hydrogen (secondary N) is 1. The lowest BCUT2D eigenvalue weighted by Crippen LogP contribution is -2.27. The Morgan fingerprint density at radius 1 is 1.36 bits per heavy atom. The van der Waals surface area contributed by atoms with E-state index in [9.17, 15) is 19.7 Å². The molecule has 0 spiro atoms. The van der Waals surface area contributed by atoms with Gasteiger partial charge in [-0.25, -0.2) is 4.98 Å². The number of aryl methyl sites for hydroxylation is 1. The lowest BCUT2D eigenvalue weighted by molar-refractivity contribution is -0.384. The van der Waals surface area contributed by atoms with Gasteiger partial charge < -0.3 is 10.1 Å². The Morgan fingerprint density at radius 3 is 2.82 bits per heavy atom. The number of benzene rings is 1. The van der Waals surface area contributed by atoms with Crippen LogP contribution in [-0.4, -0.2) is 27.0 Å². The van der Waals surface area contributed by atoms with E-state index in [1.165, 1.54) is 40.4 Å². The summed E-state index contributed by atoms with van der Waals surface area (Å²) in [5, 5.41) is 14.2. The number of carbonyl (C=O) groups is 1. The van der Waals surface area contributed by atoms with E-state index in [2.05, 4.69) is 10.3 Å². The molecule has 1 amide bonds. The topological polar surface area (TPSA) is 116 Å². The Bertz CT molecular complexity index is 1110. The van der Waals surface area contributed by atoms with Crippen LogP contribution in [0, 0.1) is 10.1 Å². The second-order valence-electron chi connectivity index (χ2n) is 5.88. The maximum atomic E-state index is 12.6. The van der Waals surface area contributed by atoms with E-state index < -0.39 is 10.8 Å². The van der Waals surface area contributed by atoms with Crippen molar-refractivity contribution in [2.45, 2.75) is 26.8 Å². The first-order valence-corrected chi connectivity index (χ1v) is 9.43. The van der Waals surface area contributed by atoms with Gasteiger partial charge in [0.25, 0.3) is 11.2 Å². The lowest BCUT2D eigenvalue weighted by Gasteiger charge is -2.09. The number of fused-ring (bicyclic) bond motifs is 1. The molecule has 1 N–H and O–H groups in total. The van der Waals surface area contributed by atoms with E-state index in [0.29, 0.717) is 22.6 Å². The number of hydrogen-bond donors (Lipinski definition) is 1. The molecule has 1 aromatic carbocycles. The monoisotopic (exact) mass is 402 g/mol. The summed E-state index contributed by atoms with van der Waals surface area (Å²) < 4.78 is 6.43. The average molecular weight is 402 g/mol.